The van der Waals surface area contributed by atoms with Gasteiger partial charge in [0.2, 0.25) is 0 Å². The van der Waals surface area contributed by atoms with Crippen molar-refractivity contribution in [2.75, 3.05) is 6.54 Å². The predicted molar refractivity (Wildman–Crippen MR) is 93.1 cm³/mol. The van der Waals surface area contributed by atoms with Gasteiger partial charge in [0.1, 0.15) is 0 Å². The maximum absolute atomic E-state index is 12.6. The number of rotatable bonds is 6. The fourth-order valence-corrected chi connectivity index (χ4v) is 2.33. The first-order valence-corrected chi connectivity index (χ1v) is 8.04. The Kier molecular flexibility index (Phi) is 5.94. The van der Waals surface area contributed by atoms with Crippen LogP contribution in [0.1, 0.15) is 46.5 Å². The van der Waals surface area contributed by atoms with E-state index in [4.69, 9.17) is 11.6 Å². The molecule has 0 fully saturated rings. The molecule has 2 rings (SSSR count). The molecule has 0 unspecified atom stereocenters. The summed E-state index contributed by atoms with van der Waals surface area (Å²) in [5, 5.41) is 3.44. The van der Waals surface area contributed by atoms with Crippen LogP contribution in [0.5, 0.6) is 0 Å². The average Bonchev–Trinajstić information content (AvgIpc) is 2.54. The summed E-state index contributed by atoms with van der Waals surface area (Å²) in [5.74, 6) is 0.112. The van der Waals surface area contributed by atoms with Gasteiger partial charge in [0, 0.05) is 22.7 Å². The molecule has 23 heavy (non-hydrogen) atoms. The Hall–Kier alpha value is -2.13. The zero-order valence-electron chi connectivity index (χ0n) is 13.3. The van der Waals surface area contributed by atoms with Crippen LogP contribution in [-0.2, 0) is 0 Å². The van der Waals surface area contributed by atoms with E-state index in [2.05, 4.69) is 19.2 Å². The summed E-state index contributed by atoms with van der Waals surface area (Å²) in [6, 6.07) is 13.5. The lowest BCUT2D eigenvalue weighted by Crippen LogP contribution is -2.27. The summed E-state index contributed by atoms with van der Waals surface area (Å²) in [4.78, 5) is 25.0. The molecule has 0 radical (unpaired) electrons. The minimum absolute atomic E-state index is 0.184. The molecular formula is C19H20ClNO2. The Morgan fingerprint density at radius 1 is 1.00 bits per heavy atom. The van der Waals surface area contributed by atoms with E-state index in [0.29, 0.717) is 34.2 Å². The molecule has 0 atom stereocenters. The zero-order chi connectivity index (χ0) is 16.8. The molecule has 0 aromatic heterocycles. The second-order valence-corrected chi connectivity index (χ2v) is 6.26. The lowest BCUT2D eigenvalue weighted by molar-refractivity contribution is 0.0940. The minimum atomic E-state index is -0.219. The molecule has 0 heterocycles. The first-order chi connectivity index (χ1) is 11.0. The van der Waals surface area contributed by atoms with Gasteiger partial charge in [-0.25, -0.2) is 0 Å². The molecule has 0 saturated heterocycles. The van der Waals surface area contributed by atoms with Crippen molar-refractivity contribution in [1.29, 1.82) is 0 Å². The van der Waals surface area contributed by atoms with Gasteiger partial charge in [0.15, 0.2) is 5.78 Å². The first kappa shape index (κ1) is 17.2. The van der Waals surface area contributed by atoms with E-state index in [1.165, 1.54) is 0 Å². The van der Waals surface area contributed by atoms with Gasteiger partial charge in [-0.15, -0.1) is 0 Å². The van der Waals surface area contributed by atoms with E-state index in [-0.39, 0.29) is 11.7 Å². The quantitative estimate of drug-likeness (QED) is 0.801. The summed E-state index contributed by atoms with van der Waals surface area (Å²) in [6.07, 6.45) is 0.902. The topological polar surface area (TPSA) is 46.2 Å². The molecule has 0 aliphatic carbocycles. The zero-order valence-corrected chi connectivity index (χ0v) is 14.1. The normalized spacial score (nSPS) is 10.6. The molecule has 0 aliphatic rings. The Labute approximate surface area is 141 Å². The monoisotopic (exact) mass is 329 g/mol. The second kappa shape index (κ2) is 7.93. The van der Waals surface area contributed by atoms with Crippen LogP contribution in [0.4, 0.5) is 0 Å². The molecule has 1 N–H and O–H groups in total. The van der Waals surface area contributed by atoms with Crippen LogP contribution in [0.25, 0.3) is 0 Å². The van der Waals surface area contributed by atoms with Gasteiger partial charge in [-0.3, -0.25) is 9.59 Å². The van der Waals surface area contributed by atoms with Crippen molar-refractivity contribution < 1.29 is 9.59 Å². The Morgan fingerprint density at radius 3 is 2.22 bits per heavy atom. The second-order valence-electron chi connectivity index (χ2n) is 5.82. The summed E-state index contributed by atoms with van der Waals surface area (Å²) in [5.41, 5.74) is 1.31. The molecular weight excluding hydrogens is 310 g/mol. The van der Waals surface area contributed by atoms with Gasteiger partial charge < -0.3 is 5.32 Å². The highest BCUT2D eigenvalue weighted by atomic mass is 35.5. The van der Waals surface area contributed by atoms with E-state index in [1.54, 1.807) is 48.5 Å². The van der Waals surface area contributed by atoms with Crippen LogP contribution in [0, 0.1) is 5.92 Å². The van der Waals surface area contributed by atoms with E-state index in [1.807, 2.05) is 0 Å². The smallest absolute Gasteiger partial charge is 0.252 e. The molecule has 3 nitrogen and oxygen atoms in total. The van der Waals surface area contributed by atoms with Gasteiger partial charge in [-0.05, 0) is 42.7 Å². The van der Waals surface area contributed by atoms with Crippen molar-refractivity contribution in [2.45, 2.75) is 20.3 Å². The van der Waals surface area contributed by atoms with E-state index < -0.39 is 0 Å². The third-order valence-electron chi connectivity index (χ3n) is 3.53. The summed E-state index contributed by atoms with van der Waals surface area (Å²) >= 11 is 5.85. The number of amides is 1. The molecule has 0 saturated carbocycles. The van der Waals surface area contributed by atoms with Gasteiger partial charge in [-0.1, -0.05) is 43.6 Å². The molecule has 0 bridgehead atoms. The third kappa shape index (κ3) is 4.67. The Morgan fingerprint density at radius 2 is 1.61 bits per heavy atom. The first-order valence-electron chi connectivity index (χ1n) is 7.66. The van der Waals surface area contributed by atoms with Crippen LogP contribution < -0.4 is 5.32 Å². The van der Waals surface area contributed by atoms with Crippen molar-refractivity contribution in [3.8, 4) is 0 Å². The Balaban J connectivity index is 2.21. The molecule has 4 heteroatoms. The number of hydrogen-bond acceptors (Lipinski definition) is 2. The fraction of sp³-hybridized carbons (Fsp3) is 0.263. The summed E-state index contributed by atoms with van der Waals surface area (Å²) < 4.78 is 0. The lowest BCUT2D eigenvalue weighted by Gasteiger charge is -2.10. The van der Waals surface area contributed by atoms with E-state index >= 15 is 0 Å². The molecule has 0 spiro atoms. The van der Waals surface area contributed by atoms with E-state index in [0.717, 1.165) is 6.42 Å². The number of carbonyl (C=O) groups excluding carboxylic acids is 2. The largest absolute Gasteiger partial charge is 0.352 e. The van der Waals surface area contributed by atoms with Crippen molar-refractivity contribution in [2.24, 2.45) is 5.92 Å². The molecule has 2 aromatic rings. The SMILES string of the molecule is CC(C)CCNC(=O)c1ccccc1C(=O)c1ccc(Cl)cc1. The number of ketones is 1. The predicted octanol–water partition coefficient (Wildman–Crippen LogP) is 4.35. The highest BCUT2D eigenvalue weighted by molar-refractivity contribution is 6.30. The van der Waals surface area contributed by atoms with Crippen LogP contribution in [-0.4, -0.2) is 18.2 Å². The van der Waals surface area contributed by atoms with Crippen molar-refractivity contribution in [1.82, 2.24) is 5.32 Å². The number of halogens is 1. The van der Waals surface area contributed by atoms with Gasteiger partial charge in [-0.2, -0.15) is 0 Å². The van der Waals surface area contributed by atoms with Gasteiger partial charge >= 0.3 is 0 Å². The lowest BCUT2D eigenvalue weighted by atomic mass is 9.98. The van der Waals surface area contributed by atoms with Crippen LogP contribution in [0.2, 0.25) is 5.02 Å². The van der Waals surface area contributed by atoms with E-state index in [9.17, 15) is 9.59 Å². The third-order valence-corrected chi connectivity index (χ3v) is 3.78. The van der Waals surface area contributed by atoms with Crippen LogP contribution in [0.3, 0.4) is 0 Å². The van der Waals surface area contributed by atoms with Gasteiger partial charge in [0.25, 0.3) is 5.91 Å². The maximum atomic E-state index is 12.6. The van der Waals surface area contributed by atoms with Crippen molar-refractivity contribution in [3.05, 3.63) is 70.2 Å². The standard InChI is InChI=1S/C19H20ClNO2/c1-13(2)11-12-21-19(23)17-6-4-3-5-16(17)18(22)14-7-9-15(20)10-8-14/h3-10,13H,11-12H2,1-2H3,(H,21,23). The highest BCUT2D eigenvalue weighted by Crippen LogP contribution is 2.17. The summed E-state index contributed by atoms with van der Waals surface area (Å²) in [6.45, 7) is 4.80. The van der Waals surface area contributed by atoms with Crippen molar-refractivity contribution >= 4 is 23.3 Å². The number of nitrogens with one attached hydrogen (secondary N) is 1. The highest BCUT2D eigenvalue weighted by Gasteiger charge is 2.17. The summed E-state index contributed by atoms with van der Waals surface area (Å²) in [7, 11) is 0. The molecule has 2 aromatic carbocycles. The van der Waals surface area contributed by atoms with Gasteiger partial charge in [0.05, 0.1) is 5.56 Å². The number of benzene rings is 2. The molecule has 1 amide bonds. The minimum Gasteiger partial charge on any atom is -0.352 e. The fourth-order valence-electron chi connectivity index (χ4n) is 2.21. The van der Waals surface area contributed by atoms with Crippen LogP contribution in [0.15, 0.2) is 48.5 Å². The molecule has 120 valence electrons. The number of carbonyl (C=O) groups is 2. The molecule has 0 aliphatic heterocycles. The Bertz CT molecular complexity index is 693. The average molecular weight is 330 g/mol. The van der Waals surface area contributed by atoms with Crippen LogP contribution >= 0.6 is 11.6 Å². The van der Waals surface area contributed by atoms with Crippen molar-refractivity contribution in [3.63, 3.8) is 0 Å². The number of hydrogen-bond donors (Lipinski definition) is 1. The maximum Gasteiger partial charge on any atom is 0.252 e.